The van der Waals surface area contributed by atoms with E-state index >= 15 is 0 Å². The van der Waals surface area contributed by atoms with Crippen molar-refractivity contribution in [3.05, 3.63) is 29.3 Å². The highest BCUT2D eigenvalue weighted by molar-refractivity contribution is 6.17. The average molecular weight is 238 g/mol. The highest BCUT2D eigenvalue weighted by Crippen LogP contribution is 2.31. The molecule has 0 aliphatic carbocycles. The van der Waals surface area contributed by atoms with Crippen LogP contribution >= 0.6 is 11.6 Å². The first-order valence-electron chi connectivity index (χ1n) is 6.02. The van der Waals surface area contributed by atoms with Crippen molar-refractivity contribution in [2.75, 3.05) is 18.0 Å². The van der Waals surface area contributed by atoms with Gasteiger partial charge >= 0.3 is 0 Å². The van der Waals surface area contributed by atoms with E-state index in [1.54, 1.807) is 0 Å². The van der Waals surface area contributed by atoms with E-state index in [4.69, 9.17) is 11.6 Å². The topological polar surface area (TPSA) is 3.24 Å². The number of halogens is 1. The van der Waals surface area contributed by atoms with Crippen molar-refractivity contribution in [3.63, 3.8) is 0 Å². The SMILES string of the molecule is Cc1ccc(N2CC(C)C(C)C2)c(CCl)c1. The molecule has 0 N–H and O–H groups in total. The summed E-state index contributed by atoms with van der Waals surface area (Å²) in [6, 6.07) is 6.60. The maximum absolute atomic E-state index is 6.03. The van der Waals surface area contributed by atoms with Crippen molar-refractivity contribution in [2.45, 2.75) is 26.7 Å². The van der Waals surface area contributed by atoms with Gasteiger partial charge in [0.1, 0.15) is 0 Å². The first kappa shape index (κ1) is 11.8. The summed E-state index contributed by atoms with van der Waals surface area (Å²) < 4.78 is 0. The average Bonchev–Trinajstić information content (AvgIpc) is 2.59. The van der Waals surface area contributed by atoms with Gasteiger partial charge in [0.15, 0.2) is 0 Å². The molecule has 16 heavy (non-hydrogen) atoms. The number of aryl methyl sites for hydroxylation is 1. The zero-order chi connectivity index (χ0) is 11.7. The van der Waals surface area contributed by atoms with Crippen LogP contribution in [0.3, 0.4) is 0 Å². The Morgan fingerprint density at radius 1 is 1.25 bits per heavy atom. The number of rotatable bonds is 2. The number of alkyl halides is 1. The molecule has 1 aliphatic heterocycles. The summed E-state index contributed by atoms with van der Waals surface area (Å²) in [5.74, 6) is 2.17. The summed E-state index contributed by atoms with van der Waals surface area (Å²) in [5, 5.41) is 0. The highest BCUT2D eigenvalue weighted by atomic mass is 35.5. The molecule has 0 spiro atoms. The van der Waals surface area contributed by atoms with Crippen LogP contribution in [-0.2, 0) is 5.88 Å². The molecular weight excluding hydrogens is 218 g/mol. The summed E-state index contributed by atoms with van der Waals surface area (Å²) in [6.45, 7) is 9.11. The fraction of sp³-hybridized carbons (Fsp3) is 0.571. The van der Waals surface area contributed by atoms with E-state index in [1.807, 2.05) is 0 Å². The maximum Gasteiger partial charge on any atom is 0.0494 e. The van der Waals surface area contributed by atoms with Crippen molar-refractivity contribution in [3.8, 4) is 0 Å². The fourth-order valence-corrected chi connectivity index (χ4v) is 2.67. The van der Waals surface area contributed by atoms with Gasteiger partial charge in [-0.25, -0.2) is 0 Å². The molecular formula is C14H20ClN. The fourth-order valence-electron chi connectivity index (χ4n) is 2.46. The Morgan fingerprint density at radius 3 is 2.44 bits per heavy atom. The molecule has 88 valence electrons. The Bertz CT molecular complexity index is 365. The molecule has 2 unspecified atom stereocenters. The van der Waals surface area contributed by atoms with Crippen molar-refractivity contribution in [1.82, 2.24) is 0 Å². The van der Waals surface area contributed by atoms with Crippen LogP contribution in [-0.4, -0.2) is 13.1 Å². The summed E-state index contributed by atoms with van der Waals surface area (Å²) >= 11 is 6.03. The van der Waals surface area contributed by atoms with Crippen molar-refractivity contribution in [2.24, 2.45) is 11.8 Å². The molecule has 0 bridgehead atoms. The molecule has 2 atom stereocenters. The van der Waals surface area contributed by atoms with Gasteiger partial charge in [0.05, 0.1) is 0 Å². The molecule has 1 aromatic carbocycles. The number of benzene rings is 1. The van der Waals surface area contributed by atoms with Crippen LogP contribution in [0.25, 0.3) is 0 Å². The van der Waals surface area contributed by atoms with Gasteiger partial charge in [-0.1, -0.05) is 31.5 Å². The lowest BCUT2D eigenvalue weighted by atomic mass is 10.0. The summed E-state index contributed by atoms with van der Waals surface area (Å²) in [4.78, 5) is 2.48. The van der Waals surface area contributed by atoms with E-state index in [0.29, 0.717) is 5.88 Å². The van der Waals surface area contributed by atoms with Gasteiger partial charge < -0.3 is 4.90 Å². The molecule has 2 heteroatoms. The number of hydrogen-bond acceptors (Lipinski definition) is 1. The molecule has 0 radical (unpaired) electrons. The molecule has 0 saturated carbocycles. The van der Waals surface area contributed by atoms with Gasteiger partial charge in [0.2, 0.25) is 0 Å². The zero-order valence-corrected chi connectivity index (χ0v) is 11.1. The lowest BCUT2D eigenvalue weighted by Crippen LogP contribution is -2.20. The predicted molar refractivity (Wildman–Crippen MR) is 71.3 cm³/mol. The van der Waals surface area contributed by atoms with Gasteiger partial charge in [-0.2, -0.15) is 0 Å². The van der Waals surface area contributed by atoms with Gasteiger partial charge in [-0.3, -0.25) is 0 Å². The van der Waals surface area contributed by atoms with Gasteiger partial charge in [-0.15, -0.1) is 11.6 Å². The third-order valence-electron chi connectivity index (χ3n) is 3.71. The van der Waals surface area contributed by atoms with E-state index < -0.39 is 0 Å². The van der Waals surface area contributed by atoms with Crippen LogP contribution in [0.5, 0.6) is 0 Å². The first-order chi connectivity index (χ1) is 7.61. The van der Waals surface area contributed by atoms with Crippen LogP contribution in [0.4, 0.5) is 5.69 Å². The van der Waals surface area contributed by atoms with Crippen molar-refractivity contribution in [1.29, 1.82) is 0 Å². The predicted octanol–water partition coefficient (Wildman–Crippen LogP) is 3.83. The first-order valence-corrected chi connectivity index (χ1v) is 6.55. The minimum absolute atomic E-state index is 0.607. The van der Waals surface area contributed by atoms with Crippen LogP contribution in [0.2, 0.25) is 0 Å². The van der Waals surface area contributed by atoms with E-state index in [9.17, 15) is 0 Å². The second kappa shape index (κ2) is 4.67. The van der Waals surface area contributed by atoms with E-state index in [0.717, 1.165) is 24.9 Å². The Labute approximate surface area is 103 Å². The molecule has 0 aromatic heterocycles. The van der Waals surface area contributed by atoms with Crippen molar-refractivity contribution >= 4 is 17.3 Å². The standard InChI is InChI=1S/C14H20ClN/c1-10-4-5-14(13(6-10)7-15)16-8-11(2)12(3)9-16/h4-6,11-12H,7-9H2,1-3H3. The molecule has 0 amide bonds. The second-order valence-corrected chi connectivity index (χ2v) is 5.39. The Morgan fingerprint density at radius 2 is 1.88 bits per heavy atom. The Kier molecular flexibility index (Phi) is 3.44. The molecule has 2 rings (SSSR count). The normalized spacial score (nSPS) is 25.1. The summed E-state index contributed by atoms with van der Waals surface area (Å²) in [7, 11) is 0. The number of anilines is 1. The smallest absolute Gasteiger partial charge is 0.0494 e. The zero-order valence-electron chi connectivity index (χ0n) is 10.3. The minimum Gasteiger partial charge on any atom is -0.371 e. The second-order valence-electron chi connectivity index (χ2n) is 5.13. The van der Waals surface area contributed by atoms with Gasteiger partial charge in [0.25, 0.3) is 0 Å². The van der Waals surface area contributed by atoms with Gasteiger partial charge in [-0.05, 0) is 30.4 Å². The molecule has 1 aromatic rings. The Balaban J connectivity index is 2.27. The van der Waals surface area contributed by atoms with Crippen LogP contribution < -0.4 is 4.90 Å². The Hall–Kier alpha value is -0.690. The van der Waals surface area contributed by atoms with Crippen LogP contribution in [0.15, 0.2) is 18.2 Å². The third-order valence-corrected chi connectivity index (χ3v) is 4.00. The quantitative estimate of drug-likeness (QED) is 0.707. The summed E-state index contributed by atoms with van der Waals surface area (Å²) in [6.07, 6.45) is 0. The van der Waals surface area contributed by atoms with Crippen LogP contribution in [0, 0.1) is 18.8 Å². The maximum atomic E-state index is 6.03. The number of nitrogens with zero attached hydrogens (tertiary/aromatic N) is 1. The van der Waals surface area contributed by atoms with E-state index in [1.165, 1.54) is 16.8 Å². The highest BCUT2D eigenvalue weighted by Gasteiger charge is 2.27. The lowest BCUT2D eigenvalue weighted by Gasteiger charge is -2.21. The molecule has 1 fully saturated rings. The number of hydrogen-bond donors (Lipinski definition) is 0. The van der Waals surface area contributed by atoms with Crippen molar-refractivity contribution < 1.29 is 0 Å². The summed E-state index contributed by atoms with van der Waals surface area (Å²) in [5.41, 5.74) is 3.89. The van der Waals surface area contributed by atoms with E-state index in [2.05, 4.69) is 43.9 Å². The monoisotopic (exact) mass is 237 g/mol. The van der Waals surface area contributed by atoms with Gasteiger partial charge in [0, 0.05) is 24.7 Å². The molecule has 1 nitrogen and oxygen atoms in total. The van der Waals surface area contributed by atoms with Crippen LogP contribution in [0.1, 0.15) is 25.0 Å². The lowest BCUT2D eigenvalue weighted by molar-refractivity contribution is 0.494. The molecule has 1 heterocycles. The molecule has 1 saturated heterocycles. The minimum atomic E-state index is 0.607. The van der Waals surface area contributed by atoms with E-state index in [-0.39, 0.29) is 0 Å². The largest absolute Gasteiger partial charge is 0.371 e. The molecule has 1 aliphatic rings. The third kappa shape index (κ3) is 2.20.